The molecule has 5 aromatic rings. The van der Waals surface area contributed by atoms with Crippen molar-refractivity contribution in [2.45, 2.75) is 11.6 Å². The molecular formula is C26H21N5O2S. The first-order valence-electron chi connectivity index (χ1n) is 10.7. The monoisotopic (exact) mass is 467 g/mol. The van der Waals surface area contributed by atoms with E-state index in [-0.39, 0.29) is 11.7 Å². The first kappa shape index (κ1) is 21.7. The van der Waals surface area contributed by atoms with E-state index in [9.17, 15) is 4.79 Å². The Morgan fingerprint density at radius 2 is 1.59 bits per heavy atom. The van der Waals surface area contributed by atoms with E-state index in [4.69, 9.17) is 4.74 Å². The molecule has 0 aliphatic carbocycles. The fraction of sp³-hybridized carbons (Fsp3) is 0.0769. The van der Waals surface area contributed by atoms with Gasteiger partial charge in [0, 0.05) is 5.69 Å². The Labute approximate surface area is 200 Å². The van der Waals surface area contributed by atoms with E-state index in [1.54, 1.807) is 6.20 Å². The van der Waals surface area contributed by atoms with Gasteiger partial charge in [0.1, 0.15) is 22.9 Å². The molecule has 0 fully saturated rings. The van der Waals surface area contributed by atoms with Crippen LogP contribution < -0.4 is 10.1 Å². The lowest BCUT2D eigenvalue weighted by Gasteiger charge is -2.08. The molecule has 1 N–H and O–H groups in total. The molecule has 2 aromatic heterocycles. The van der Waals surface area contributed by atoms with E-state index in [2.05, 4.69) is 32.5 Å². The maximum absolute atomic E-state index is 12.5. The molecule has 0 radical (unpaired) electrons. The fourth-order valence-electron chi connectivity index (χ4n) is 3.42. The first-order chi connectivity index (χ1) is 16.7. The Kier molecular flexibility index (Phi) is 6.49. The number of hydrogen-bond acceptors (Lipinski definition) is 6. The van der Waals surface area contributed by atoms with Gasteiger partial charge >= 0.3 is 0 Å². The molecule has 168 valence electrons. The molecule has 2 heterocycles. The average Bonchev–Trinajstić information content (AvgIpc) is 3.28. The van der Waals surface area contributed by atoms with Crippen LogP contribution in [-0.2, 0) is 11.3 Å². The Hall–Kier alpha value is -4.17. The number of nitrogens with one attached hydrogen (secondary N) is 1. The number of anilines is 1. The van der Waals surface area contributed by atoms with Crippen LogP contribution in [0, 0.1) is 0 Å². The van der Waals surface area contributed by atoms with Crippen molar-refractivity contribution in [3.05, 3.63) is 103 Å². The third-order valence-electron chi connectivity index (χ3n) is 5.03. The van der Waals surface area contributed by atoms with E-state index < -0.39 is 0 Å². The summed E-state index contributed by atoms with van der Waals surface area (Å²) in [4.78, 5) is 21.3. The summed E-state index contributed by atoms with van der Waals surface area (Å²) in [6.07, 6.45) is 3.27. The van der Waals surface area contributed by atoms with Crippen LogP contribution in [0.4, 0.5) is 5.69 Å². The number of hydrogen-bond donors (Lipinski definition) is 1. The van der Waals surface area contributed by atoms with Crippen molar-refractivity contribution in [2.24, 2.45) is 0 Å². The van der Waals surface area contributed by atoms with Crippen molar-refractivity contribution >= 4 is 34.4 Å². The Balaban J connectivity index is 1.19. The first-order valence-corrected chi connectivity index (χ1v) is 11.7. The summed E-state index contributed by atoms with van der Waals surface area (Å²) in [7, 11) is 0. The predicted molar refractivity (Wildman–Crippen MR) is 133 cm³/mol. The topological polar surface area (TPSA) is 81.9 Å². The Morgan fingerprint density at radius 1 is 0.882 bits per heavy atom. The van der Waals surface area contributed by atoms with Gasteiger partial charge in [0.25, 0.3) is 0 Å². The van der Waals surface area contributed by atoms with E-state index >= 15 is 0 Å². The van der Waals surface area contributed by atoms with Crippen molar-refractivity contribution in [3.63, 3.8) is 0 Å². The molecule has 8 heteroatoms. The number of aromatic nitrogens is 4. The second-order valence-electron chi connectivity index (χ2n) is 7.48. The van der Waals surface area contributed by atoms with Crippen LogP contribution in [0.2, 0.25) is 0 Å². The van der Waals surface area contributed by atoms with Crippen LogP contribution in [-0.4, -0.2) is 31.4 Å². The number of ether oxygens (including phenoxy) is 1. The molecule has 0 atom stereocenters. The smallest absolute Gasteiger partial charge is 0.234 e. The normalized spacial score (nSPS) is 10.8. The number of fused-ring (bicyclic) bond motifs is 1. The van der Waals surface area contributed by atoms with Gasteiger partial charge in [-0.2, -0.15) is 5.10 Å². The van der Waals surface area contributed by atoms with Crippen molar-refractivity contribution in [1.29, 1.82) is 0 Å². The number of para-hydroxylation sites is 1. The van der Waals surface area contributed by atoms with E-state index in [0.717, 1.165) is 27.4 Å². The largest absolute Gasteiger partial charge is 0.457 e. The van der Waals surface area contributed by atoms with E-state index in [1.165, 1.54) is 18.1 Å². The van der Waals surface area contributed by atoms with Crippen LogP contribution in [0.25, 0.3) is 11.0 Å². The van der Waals surface area contributed by atoms with Gasteiger partial charge in [-0.15, -0.1) is 0 Å². The summed E-state index contributed by atoms with van der Waals surface area (Å²) < 4.78 is 7.63. The number of benzene rings is 3. The summed E-state index contributed by atoms with van der Waals surface area (Å²) in [6.45, 7) is 0.621. The maximum Gasteiger partial charge on any atom is 0.234 e. The lowest BCUT2D eigenvalue weighted by atomic mass is 10.2. The highest BCUT2D eigenvalue weighted by atomic mass is 32.2. The molecule has 0 aliphatic rings. The lowest BCUT2D eigenvalue weighted by molar-refractivity contribution is -0.113. The van der Waals surface area contributed by atoms with Crippen LogP contribution >= 0.6 is 11.8 Å². The molecular weight excluding hydrogens is 446 g/mol. The zero-order valence-corrected chi connectivity index (χ0v) is 19.0. The number of amides is 1. The summed E-state index contributed by atoms with van der Waals surface area (Å²) in [5.41, 5.74) is 2.59. The molecule has 3 aromatic carbocycles. The maximum atomic E-state index is 12.5. The zero-order valence-electron chi connectivity index (χ0n) is 18.2. The minimum Gasteiger partial charge on any atom is -0.457 e. The van der Waals surface area contributed by atoms with Gasteiger partial charge in [0.15, 0.2) is 5.65 Å². The lowest BCUT2D eigenvalue weighted by Crippen LogP contribution is -2.14. The highest BCUT2D eigenvalue weighted by molar-refractivity contribution is 8.00. The van der Waals surface area contributed by atoms with Crippen LogP contribution in [0.15, 0.2) is 102 Å². The summed E-state index contributed by atoms with van der Waals surface area (Å²) in [5.74, 6) is 1.57. The highest BCUT2D eigenvalue weighted by Crippen LogP contribution is 2.26. The number of carbonyl (C=O) groups excluding carboxylic acids is 1. The molecule has 5 rings (SSSR count). The zero-order chi connectivity index (χ0) is 23.2. The molecule has 7 nitrogen and oxygen atoms in total. The molecule has 0 saturated heterocycles. The number of carbonyl (C=O) groups is 1. The van der Waals surface area contributed by atoms with Crippen molar-refractivity contribution < 1.29 is 9.53 Å². The van der Waals surface area contributed by atoms with Gasteiger partial charge in [-0.05, 0) is 42.0 Å². The van der Waals surface area contributed by atoms with Crippen LogP contribution in [0.5, 0.6) is 11.5 Å². The van der Waals surface area contributed by atoms with Crippen molar-refractivity contribution in [2.75, 3.05) is 11.1 Å². The second kappa shape index (κ2) is 10.2. The summed E-state index contributed by atoms with van der Waals surface area (Å²) >= 11 is 1.36. The van der Waals surface area contributed by atoms with E-state index in [0.29, 0.717) is 18.0 Å². The molecule has 0 saturated carbocycles. The summed E-state index contributed by atoms with van der Waals surface area (Å²) in [6, 6.07) is 26.9. The van der Waals surface area contributed by atoms with Gasteiger partial charge in [0.2, 0.25) is 5.91 Å². The average molecular weight is 468 g/mol. The summed E-state index contributed by atoms with van der Waals surface area (Å²) in [5, 5.41) is 8.94. The number of rotatable bonds is 8. The van der Waals surface area contributed by atoms with Gasteiger partial charge in [-0.3, -0.25) is 4.79 Å². The molecule has 0 bridgehead atoms. The predicted octanol–water partition coefficient (Wildman–Crippen LogP) is 5.40. The molecule has 1 amide bonds. The number of thioether (sulfide) groups is 1. The minimum absolute atomic E-state index is 0.120. The molecule has 0 spiro atoms. The fourth-order valence-corrected chi connectivity index (χ4v) is 4.18. The third kappa shape index (κ3) is 5.24. The quantitative estimate of drug-likeness (QED) is 0.243. The van der Waals surface area contributed by atoms with Crippen molar-refractivity contribution in [1.82, 2.24) is 19.7 Å². The van der Waals surface area contributed by atoms with Gasteiger partial charge in [-0.25, -0.2) is 14.6 Å². The van der Waals surface area contributed by atoms with Gasteiger partial charge in [0.05, 0.1) is 23.9 Å². The molecule has 0 unspecified atom stereocenters. The molecule has 0 aliphatic heterocycles. The molecule has 34 heavy (non-hydrogen) atoms. The highest BCUT2D eigenvalue weighted by Gasteiger charge is 2.12. The van der Waals surface area contributed by atoms with Crippen LogP contribution in [0.1, 0.15) is 5.56 Å². The minimum atomic E-state index is -0.120. The van der Waals surface area contributed by atoms with E-state index in [1.807, 2.05) is 77.5 Å². The van der Waals surface area contributed by atoms with Gasteiger partial charge < -0.3 is 10.1 Å². The standard InChI is InChI=1S/C26H21N5O2S/c32-24(30-20-11-13-22(14-12-20)33-21-9-5-2-6-10-21)17-34-26-23-15-29-31(25(23)27-18-28-26)16-19-7-3-1-4-8-19/h1-15,18H,16-17H2,(H,30,32). The van der Waals surface area contributed by atoms with Gasteiger partial charge in [-0.1, -0.05) is 60.3 Å². The second-order valence-corrected chi connectivity index (χ2v) is 8.44. The van der Waals surface area contributed by atoms with Crippen LogP contribution in [0.3, 0.4) is 0 Å². The number of nitrogens with zero attached hydrogens (tertiary/aromatic N) is 4. The SMILES string of the molecule is O=C(CSc1ncnc2c1cnn2Cc1ccccc1)Nc1ccc(Oc2ccccc2)cc1. The Bertz CT molecular complexity index is 1390. The Morgan fingerprint density at radius 3 is 2.35 bits per heavy atom. The van der Waals surface area contributed by atoms with Crippen molar-refractivity contribution in [3.8, 4) is 11.5 Å². The third-order valence-corrected chi connectivity index (χ3v) is 6.03.